The summed E-state index contributed by atoms with van der Waals surface area (Å²) in [5.41, 5.74) is 1.17. The van der Waals surface area contributed by atoms with E-state index in [4.69, 9.17) is 4.74 Å². The van der Waals surface area contributed by atoms with Gasteiger partial charge in [0.2, 0.25) is 0 Å². The minimum atomic E-state index is -0.173. The summed E-state index contributed by atoms with van der Waals surface area (Å²) in [6.45, 7) is 5.70. The van der Waals surface area contributed by atoms with E-state index in [1.165, 1.54) is 17.7 Å². The Balaban J connectivity index is 1.63. The zero-order chi connectivity index (χ0) is 13.5. The molecule has 0 aromatic heterocycles. The minimum Gasteiger partial charge on any atom is -0.379 e. The normalized spacial score (nSPS) is 21.3. The fourth-order valence-electron chi connectivity index (χ4n) is 2.40. The highest BCUT2D eigenvalue weighted by atomic mass is 19.1. The van der Waals surface area contributed by atoms with Gasteiger partial charge in [0.1, 0.15) is 5.82 Å². The maximum Gasteiger partial charge on any atom is 0.123 e. The molecule has 0 bridgehead atoms. The van der Waals surface area contributed by atoms with E-state index in [9.17, 15) is 4.39 Å². The number of hydrogen-bond acceptors (Lipinski definition) is 3. The Morgan fingerprint density at radius 1 is 1.42 bits per heavy atom. The second-order valence-corrected chi connectivity index (χ2v) is 5.19. The van der Waals surface area contributed by atoms with Gasteiger partial charge in [-0.15, -0.1) is 0 Å². The van der Waals surface area contributed by atoms with Crippen LogP contribution < -0.4 is 10.6 Å². The van der Waals surface area contributed by atoms with E-state index in [1.54, 1.807) is 0 Å². The molecule has 0 radical (unpaired) electrons. The molecule has 2 rings (SSSR count). The third kappa shape index (κ3) is 5.27. The fraction of sp³-hybridized carbons (Fsp3) is 0.600. The molecule has 0 amide bonds. The van der Waals surface area contributed by atoms with Crippen LogP contribution in [0.4, 0.5) is 4.39 Å². The maximum absolute atomic E-state index is 12.8. The molecule has 0 aliphatic carbocycles. The molecule has 1 saturated heterocycles. The van der Waals surface area contributed by atoms with Gasteiger partial charge in [0, 0.05) is 18.6 Å². The Morgan fingerprint density at radius 2 is 2.21 bits per heavy atom. The topological polar surface area (TPSA) is 33.3 Å². The van der Waals surface area contributed by atoms with Crippen molar-refractivity contribution in [2.24, 2.45) is 0 Å². The lowest BCUT2D eigenvalue weighted by atomic mass is 10.1. The van der Waals surface area contributed by atoms with Crippen molar-refractivity contribution in [1.82, 2.24) is 10.6 Å². The van der Waals surface area contributed by atoms with Crippen molar-refractivity contribution in [3.63, 3.8) is 0 Å². The summed E-state index contributed by atoms with van der Waals surface area (Å²) in [6, 6.07) is 7.64. The van der Waals surface area contributed by atoms with Gasteiger partial charge < -0.3 is 15.4 Å². The van der Waals surface area contributed by atoms with E-state index in [1.807, 2.05) is 12.1 Å². The molecule has 1 aromatic carbocycles. The molecule has 19 heavy (non-hydrogen) atoms. The van der Waals surface area contributed by atoms with Gasteiger partial charge in [-0.2, -0.15) is 0 Å². The molecule has 1 aromatic rings. The lowest BCUT2D eigenvalue weighted by Gasteiger charge is -2.26. The fourth-order valence-corrected chi connectivity index (χ4v) is 2.40. The van der Waals surface area contributed by atoms with Crippen LogP contribution in [0.15, 0.2) is 24.3 Å². The van der Waals surface area contributed by atoms with Crippen LogP contribution in [0, 0.1) is 5.82 Å². The van der Waals surface area contributed by atoms with Crippen molar-refractivity contribution in [3.05, 3.63) is 35.6 Å². The Bertz CT molecular complexity index is 363. The van der Waals surface area contributed by atoms with Crippen molar-refractivity contribution < 1.29 is 9.13 Å². The van der Waals surface area contributed by atoms with Crippen molar-refractivity contribution in [2.75, 3.05) is 26.3 Å². The van der Waals surface area contributed by atoms with E-state index in [-0.39, 0.29) is 5.82 Å². The van der Waals surface area contributed by atoms with Gasteiger partial charge in [0.15, 0.2) is 0 Å². The van der Waals surface area contributed by atoms with E-state index in [0.29, 0.717) is 12.1 Å². The Labute approximate surface area is 114 Å². The number of nitrogens with one attached hydrogen (secondary N) is 2. The summed E-state index contributed by atoms with van der Waals surface area (Å²) >= 11 is 0. The zero-order valence-corrected chi connectivity index (χ0v) is 11.5. The third-order valence-electron chi connectivity index (χ3n) is 3.46. The summed E-state index contributed by atoms with van der Waals surface area (Å²) in [7, 11) is 0. The first kappa shape index (κ1) is 14.4. The molecule has 1 aliphatic rings. The lowest BCUT2D eigenvalue weighted by Crippen LogP contribution is -2.45. The smallest absolute Gasteiger partial charge is 0.123 e. The Kier molecular flexibility index (Phi) is 5.76. The molecule has 0 spiro atoms. The van der Waals surface area contributed by atoms with Gasteiger partial charge in [0.25, 0.3) is 0 Å². The Morgan fingerprint density at radius 3 is 2.89 bits per heavy atom. The number of hydrogen-bond donors (Lipinski definition) is 2. The number of halogens is 1. The first-order valence-corrected chi connectivity index (χ1v) is 7.03. The molecule has 0 saturated carbocycles. The van der Waals surface area contributed by atoms with Crippen molar-refractivity contribution in [1.29, 1.82) is 0 Å². The summed E-state index contributed by atoms with van der Waals surface area (Å²) < 4.78 is 18.2. The quantitative estimate of drug-likeness (QED) is 0.822. The second-order valence-electron chi connectivity index (χ2n) is 5.19. The molecule has 3 nitrogen and oxygen atoms in total. The predicted octanol–water partition coefficient (Wildman–Crippen LogP) is 1.72. The average Bonchev–Trinajstić information content (AvgIpc) is 2.42. The predicted molar refractivity (Wildman–Crippen MR) is 74.8 cm³/mol. The van der Waals surface area contributed by atoms with Crippen molar-refractivity contribution in [3.8, 4) is 0 Å². The largest absolute Gasteiger partial charge is 0.379 e. The van der Waals surface area contributed by atoms with Gasteiger partial charge in [-0.05, 0) is 44.0 Å². The summed E-state index contributed by atoms with van der Waals surface area (Å²) in [4.78, 5) is 0. The van der Waals surface area contributed by atoms with E-state index in [0.717, 1.165) is 39.1 Å². The van der Waals surface area contributed by atoms with Crippen LogP contribution in [0.5, 0.6) is 0 Å². The molecule has 1 heterocycles. The lowest BCUT2D eigenvalue weighted by molar-refractivity contribution is 0.0713. The molecule has 2 unspecified atom stereocenters. The number of benzene rings is 1. The minimum absolute atomic E-state index is 0.173. The van der Waals surface area contributed by atoms with Crippen LogP contribution in [0.1, 0.15) is 18.9 Å². The third-order valence-corrected chi connectivity index (χ3v) is 3.46. The monoisotopic (exact) mass is 266 g/mol. The van der Waals surface area contributed by atoms with Gasteiger partial charge in [-0.3, -0.25) is 0 Å². The zero-order valence-electron chi connectivity index (χ0n) is 11.5. The van der Waals surface area contributed by atoms with Gasteiger partial charge in [-0.1, -0.05) is 12.1 Å². The summed E-state index contributed by atoms with van der Waals surface area (Å²) in [6.07, 6.45) is 2.00. The van der Waals surface area contributed by atoms with Crippen LogP contribution >= 0.6 is 0 Å². The number of morpholine rings is 1. The highest BCUT2D eigenvalue weighted by Gasteiger charge is 2.15. The molecule has 2 N–H and O–H groups in total. The summed E-state index contributed by atoms with van der Waals surface area (Å²) in [5, 5.41) is 6.96. The molecule has 2 atom stereocenters. The van der Waals surface area contributed by atoms with Crippen molar-refractivity contribution >= 4 is 0 Å². The first-order valence-electron chi connectivity index (χ1n) is 7.03. The van der Waals surface area contributed by atoms with Crippen LogP contribution in [0.3, 0.4) is 0 Å². The molecular formula is C15H23FN2O. The summed E-state index contributed by atoms with van der Waals surface area (Å²) in [5.74, 6) is -0.173. The molecule has 106 valence electrons. The highest BCUT2D eigenvalue weighted by molar-refractivity contribution is 5.16. The number of ether oxygens (including phenoxy) is 1. The van der Waals surface area contributed by atoms with E-state index >= 15 is 0 Å². The second kappa shape index (κ2) is 7.58. The molecular weight excluding hydrogens is 243 g/mol. The molecule has 4 heteroatoms. The number of rotatable bonds is 6. The average molecular weight is 266 g/mol. The highest BCUT2D eigenvalue weighted by Crippen LogP contribution is 2.05. The van der Waals surface area contributed by atoms with Crippen LogP contribution in [0.2, 0.25) is 0 Å². The standard InChI is InChI=1S/C15H23FN2O/c1-12(10-15-11-19-9-8-18-15)17-7-6-13-2-4-14(16)5-3-13/h2-5,12,15,17-18H,6-11H2,1H3. The molecule has 1 aliphatic heterocycles. The maximum atomic E-state index is 12.8. The molecule has 1 fully saturated rings. The van der Waals surface area contributed by atoms with Crippen molar-refractivity contribution in [2.45, 2.75) is 31.8 Å². The van der Waals surface area contributed by atoms with E-state index < -0.39 is 0 Å². The first-order chi connectivity index (χ1) is 9.24. The van der Waals surface area contributed by atoms with Crippen LogP contribution in [-0.4, -0.2) is 38.4 Å². The van der Waals surface area contributed by atoms with Gasteiger partial charge >= 0.3 is 0 Å². The Hall–Kier alpha value is -0.970. The van der Waals surface area contributed by atoms with Gasteiger partial charge in [-0.25, -0.2) is 4.39 Å². The van der Waals surface area contributed by atoms with Crippen LogP contribution in [0.25, 0.3) is 0 Å². The van der Waals surface area contributed by atoms with Crippen LogP contribution in [-0.2, 0) is 11.2 Å². The van der Waals surface area contributed by atoms with E-state index in [2.05, 4.69) is 17.6 Å². The van der Waals surface area contributed by atoms with Gasteiger partial charge in [0.05, 0.1) is 13.2 Å². The SMILES string of the molecule is CC(CC1COCCN1)NCCc1ccc(F)cc1.